The topological polar surface area (TPSA) is 44.4 Å². The zero-order valence-corrected chi connectivity index (χ0v) is 12.9. The van der Waals surface area contributed by atoms with Gasteiger partial charge in [-0.2, -0.15) is 0 Å². The third-order valence-electron chi connectivity index (χ3n) is 3.97. The molecule has 0 aromatic rings. The molecule has 0 bridgehead atoms. The van der Waals surface area contributed by atoms with Crippen molar-refractivity contribution >= 4 is 5.91 Å². The Hall–Kier alpha value is -0.610. The first-order valence-corrected chi connectivity index (χ1v) is 7.90. The molecule has 112 valence electrons. The van der Waals surface area contributed by atoms with Gasteiger partial charge in [0.1, 0.15) is 0 Å². The lowest BCUT2D eigenvalue weighted by atomic mass is 10.0. The van der Waals surface area contributed by atoms with E-state index in [0.29, 0.717) is 12.5 Å². The molecule has 1 aliphatic heterocycles. The number of piperidine rings is 1. The molecule has 1 fully saturated rings. The zero-order valence-electron chi connectivity index (χ0n) is 12.9. The molecule has 19 heavy (non-hydrogen) atoms. The highest BCUT2D eigenvalue weighted by Gasteiger charge is 2.15. The van der Waals surface area contributed by atoms with Crippen LogP contribution in [-0.4, -0.2) is 49.1 Å². The molecule has 2 atom stereocenters. The maximum absolute atomic E-state index is 11.9. The summed E-state index contributed by atoms with van der Waals surface area (Å²) in [7, 11) is 0. The van der Waals surface area contributed by atoms with Gasteiger partial charge >= 0.3 is 0 Å². The lowest BCUT2D eigenvalue weighted by molar-refractivity contribution is -0.122. The van der Waals surface area contributed by atoms with E-state index in [1.807, 2.05) is 0 Å². The first-order valence-electron chi connectivity index (χ1n) is 7.90. The van der Waals surface area contributed by atoms with E-state index in [-0.39, 0.29) is 11.9 Å². The lowest BCUT2D eigenvalue weighted by Gasteiger charge is -2.25. The summed E-state index contributed by atoms with van der Waals surface area (Å²) in [5, 5.41) is 6.60. The van der Waals surface area contributed by atoms with Crippen molar-refractivity contribution in [1.29, 1.82) is 0 Å². The van der Waals surface area contributed by atoms with E-state index >= 15 is 0 Å². The quantitative estimate of drug-likeness (QED) is 0.706. The van der Waals surface area contributed by atoms with Crippen LogP contribution >= 0.6 is 0 Å². The van der Waals surface area contributed by atoms with Crippen molar-refractivity contribution in [3.05, 3.63) is 0 Å². The van der Waals surface area contributed by atoms with Crippen molar-refractivity contribution in [1.82, 2.24) is 15.5 Å². The van der Waals surface area contributed by atoms with Crippen LogP contribution in [-0.2, 0) is 4.79 Å². The molecule has 0 radical (unpaired) electrons. The molecule has 0 aromatic heterocycles. The van der Waals surface area contributed by atoms with Crippen LogP contribution in [0, 0.1) is 0 Å². The highest BCUT2D eigenvalue weighted by molar-refractivity contribution is 5.76. The van der Waals surface area contributed by atoms with Crippen LogP contribution in [0.3, 0.4) is 0 Å². The van der Waals surface area contributed by atoms with Gasteiger partial charge < -0.3 is 15.5 Å². The Morgan fingerprint density at radius 3 is 2.68 bits per heavy atom. The lowest BCUT2D eigenvalue weighted by Crippen LogP contribution is -2.42. The third-order valence-corrected chi connectivity index (χ3v) is 3.97. The van der Waals surface area contributed by atoms with Crippen molar-refractivity contribution in [2.45, 2.75) is 65.0 Å². The van der Waals surface area contributed by atoms with Gasteiger partial charge in [-0.1, -0.05) is 20.3 Å². The largest absolute Gasteiger partial charge is 0.352 e. The number of carbonyl (C=O) groups excluding carboxylic acids is 1. The normalized spacial score (nSPS) is 21.4. The number of hydrogen-bond acceptors (Lipinski definition) is 3. The van der Waals surface area contributed by atoms with Gasteiger partial charge in [0.2, 0.25) is 5.91 Å². The van der Waals surface area contributed by atoms with Gasteiger partial charge in [0, 0.05) is 25.0 Å². The number of amides is 1. The van der Waals surface area contributed by atoms with Gasteiger partial charge in [-0.3, -0.25) is 4.79 Å². The average Bonchev–Trinajstić information content (AvgIpc) is 2.43. The summed E-state index contributed by atoms with van der Waals surface area (Å²) in [6.07, 6.45) is 5.44. The fourth-order valence-corrected chi connectivity index (χ4v) is 2.74. The van der Waals surface area contributed by atoms with Crippen molar-refractivity contribution in [2.75, 3.05) is 26.2 Å². The van der Waals surface area contributed by atoms with Gasteiger partial charge in [-0.15, -0.1) is 0 Å². The number of rotatable bonds is 8. The second kappa shape index (κ2) is 9.32. The maximum Gasteiger partial charge on any atom is 0.220 e. The molecule has 2 N–H and O–H groups in total. The van der Waals surface area contributed by atoms with Gasteiger partial charge in [-0.25, -0.2) is 0 Å². The van der Waals surface area contributed by atoms with E-state index in [9.17, 15) is 4.79 Å². The van der Waals surface area contributed by atoms with Gasteiger partial charge in [0.15, 0.2) is 0 Å². The molecule has 0 spiro atoms. The van der Waals surface area contributed by atoms with Crippen molar-refractivity contribution < 1.29 is 4.79 Å². The Morgan fingerprint density at radius 2 is 2.11 bits per heavy atom. The summed E-state index contributed by atoms with van der Waals surface area (Å²) in [4.78, 5) is 14.2. The third kappa shape index (κ3) is 6.92. The minimum atomic E-state index is 0.201. The van der Waals surface area contributed by atoms with E-state index in [1.165, 1.54) is 19.3 Å². The molecular formula is C15H31N3O. The van der Waals surface area contributed by atoms with Gasteiger partial charge in [0.05, 0.1) is 0 Å². The SMILES string of the molecule is CCN(CC)CC(C)NC(=O)CCC1CCCCN1. The molecule has 1 rings (SSSR count). The summed E-state index contributed by atoms with van der Waals surface area (Å²) >= 11 is 0. The standard InChI is InChI=1S/C15H31N3O/c1-4-18(5-2)12-13(3)17-15(19)10-9-14-8-6-7-11-16-14/h13-14,16H,4-12H2,1-3H3,(H,17,19). The van der Waals surface area contributed by atoms with Crippen LogP contribution in [0.15, 0.2) is 0 Å². The number of nitrogens with one attached hydrogen (secondary N) is 2. The van der Waals surface area contributed by atoms with E-state index < -0.39 is 0 Å². The first kappa shape index (κ1) is 16.4. The van der Waals surface area contributed by atoms with Crippen molar-refractivity contribution in [3.63, 3.8) is 0 Å². The van der Waals surface area contributed by atoms with Crippen LogP contribution in [0.5, 0.6) is 0 Å². The fourth-order valence-electron chi connectivity index (χ4n) is 2.74. The van der Waals surface area contributed by atoms with E-state index in [1.54, 1.807) is 0 Å². The van der Waals surface area contributed by atoms with Crippen LogP contribution in [0.4, 0.5) is 0 Å². The summed E-state index contributed by atoms with van der Waals surface area (Å²) < 4.78 is 0. The number of hydrogen-bond donors (Lipinski definition) is 2. The molecule has 4 nitrogen and oxygen atoms in total. The van der Waals surface area contributed by atoms with Gasteiger partial charge in [-0.05, 0) is 45.8 Å². The summed E-state index contributed by atoms with van der Waals surface area (Å²) in [5.74, 6) is 0.201. The second-order valence-corrected chi connectivity index (χ2v) is 5.64. The smallest absolute Gasteiger partial charge is 0.220 e. The van der Waals surface area contributed by atoms with Crippen LogP contribution < -0.4 is 10.6 Å². The van der Waals surface area contributed by atoms with Crippen LogP contribution in [0.2, 0.25) is 0 Å². The maximum atomic E-state index is 11.9. The van der Waals surface area contributed by atoms with Crippen molar-refractivity contribution in [3.8, 4) is 0 Å². The van der Waals surface area contributed by atoms with Crippen molar-refractivity contribution in [2.24, 2.45) is 0 Å². The summed E-state index contributed by atoms with van der Waals surface area (Å²) in [6, 6.07) is 0.796. The number of likely N-dealkylation sites (N-methyl/N-ethyl adjacent to an activating group) is 1. The highest BCUT2D eigenvalue weighted by atomic mass is 16.1. The average molecular weight is 269 g/mol. The minimum absolute atomic E-state index is 0.201. The summed E-state index contributed by atoms with van der Waals surface area (Å²) in [5.41, 5.74) is 0. The minimum Gasteiger partial charge on any atom is -0.352 e. The Kier molecular flexibility index (Phi) is 8.07. The predicted molar refractivity (Wildman–Crippen MR) is 80.3 cm³/mol. The van der Waals surface area contributed by atoms with Gasteiger partial charge in [0.25, 0.3) is 0 Å². The van der Waals surface area contributed by atoms with Crippen LogP contribution in [0.1, 0.15) is 52.9 Å². The van der Waals surface area contributed by atoms with E-state index in [4.69, 9.17) is 0 Å². The Balaban J connectivity index is 2.15. The summed E-state index contributed by atoms with van der Waals surface area (Å²) in [6.45, 7) is 10.6. The predicted octanol–water partition coefficient (Wildman–Crippen LogP) is 1.76. The second-order valence-electron chi connectivity index (χ2n) is 5.64. The Morgan fingerprint density at radius 1 is 1.37 bits per heavy atom. The molecule has 2 unspecified atom stereocenters. The Bertz CT molecular complexity index is 248. The number of nitrogens with zero attached hydrogens (tertiary/aromatic N) is 1. The molecule has 1 amide bonds. The highest BCUT2D eigenvalue weighted by Crippen LogP contribution is 2.11. The Labute approximate surface area is 118 Å². The molecule has 1 heterocycles. The molecule has 1 saturated heterocycles. The molecule has 0 aromatic carbocycles. The monoisotopic (exact) mass is 269 g/mol. The molecule has 0 aliphatic carbocycles. The first-order chi connectivity index (χ1) is 9.15. The molecular weight excluding hydrogens is 238 g/mol. The fraction of sp³-hybridized carbons (Fsp3) is 0.933. The molecule has 4 heteroatoms. The van der Waals surface area contributed by atoms with E-state index in [2.05, 4.69) is 36.3 Å². The zero-order chi connectivity index (χ0) is 14.1. The van der Waals surface area contributed by atoms with Crippen LogP contribution in [0.25, 0.3) is 0 Å². The molecule has 0 saturated carbocycles. The number of carbonyl (C=O) groups is 1. The van der Waals surface area contributed by atoms with E-state index in [0.717, 1.165) is 32.6 Å². The molecule has 1 aliphatic rings.